The van der Waals surface area contributed by atoms with Crippen LogP contribution in [0.15, 0.2) is 34.7 Å². The molecule has 1 aromatic heterocycles. The number of nitrogens with one attached hydrogen (secondary N) is 2. The van der Waals surface area contributed by atoms with E-state index in [1.807, 2.05) is 37.3 Å². The summed E-state index contributed by atoms with van der Waals surface area (Å²) in [6, 6.07) is 10.0. The zero-order valence-electron chi connectivity index (χ0n) is 18.7. The first-order valence-corrected chi connectivity index (χ1v) is 11.9. The maximum absolute atomic E-state index is 13.2. The Bertz CT molecular complexity index is 984. The van der Waals surface area contributed by atoms with Gasteiger partial charge in [0.25, 0.3) is 0 Å². The monoisotopic (exact) mass is 436 g/mol. The van der Waals surface area contributed by atoms with Crippen molar-refractivity contribution in [3.63, 3.8) is 0 Å². The van der Waals surface area contributed by atoms with Crippen molar-refractivity contribution in [3.8, 4) is 11.5 Å². The van der Waals surface area contributed by atoms with Crippen molar-refractivity contribution in [2.45, 2.75) is 75.9 Å². The molecule has 0 radical (unpaired) electrons. The van der Waals surface area contributed by atoms with Gasteiger partial charge in [-0.3, -0.25) is 14.5 Å². The molecule has 3 heterocycles. The van der Waals surface area contributed by atoms with Gasteiger partial charge in [0.1, 0.15) is 11.3 Å². The normalized spacial score (nSPS) is 25.7. The van der Waals surface area contributed by atoms with Crippen molar-refractivity contribution in [3.05, 3.63) is 41.8 Å². The largest absolute Gasteiger partial charge is 0.441 e. The van der Waals surface area contributed by atoms with E-state index in [-0.39, 0.29) is 24.3 Å². The van der Waals surface area contributed by atoms with Crippen molar-refractivity contribution < 1.29 is 14.0 Å². The molecule has 1 aliphatic carbocycles. The number of nitrogens with zero attached hydrogens (tertiary/aromatic N) is 2. The lowest BCUT2D eigenvalue weighted by Gasteiger charge is -2.42. The molecule has 2 aliphatic heterocycles. The van der Waals surface area contributed by atoms with E-state index >= 15 is 0 Å². The highest BCUT2D eigenvalue weighted by molar-refractivity contribution is 5.87. The lowest BCUT2D eigenvalue weighted by Crippen LogP contribution is -2.59. The van der Waals surface area contributed by atoms with Crippen molar-refractivity contribution in [2.75, 3.05) is 13.1 Å². The molecule has 1 aromatic carbocycles. The predicted molar refractivity (Wildman–Crippen MR) is 121 cm³/mol. The summed E-state index contributed by atoms with van der Waals surface area (Å²) in [6.07, 6.45) is 7.29. The number of aryl methyl sites for hydroxylation is 1. The molecule has 2 saturated heterocycles. The first-order valence-electron chi connectivity index (χ1n) is 11.9. The number of benzene rings is 1. The minimum absolute atomic E-state index is 0.0199. The zero-order valence-corrected chi connectivity index (χ0v) is 18.7. The number of oxazole rings is 1. The van der Waals surface area contributed by atoms with Crippen LogP contribution < -0.4 is 10.6 Å². The Morgan fingerprint density at radius 2 is 1.94 bits per heavy atom. The molecular formula is C25H32N4O3. The van der Waals surface area contributed by atoms with E-state index in [0.29, 0.717) is 29.8 Å². The van der Waals surface area contributed by atoms with Crippen molar-refractivity contribution in [1.29, 1.82) is 0 Å². The minimum atomic E-state index is -0.462. The second-order valence-corrected chi connectivity index (χ2v) is 9.57. The first-order chi connectivity index (χ1) is 15.5. The maximum atomic E-state index is 13.2. The molecular weight excluding hydrogens is 404 g/mol. The summed E-state index contributed by atoms with van der Waals surface area (Å²) in [6.45, 7) is 3.50. The number of rotatable bonds is 6. The lowest BCUT2D eigenvalue weighted by molar-refractivity contribution is -0.135. The fourth-order valence-electron chi connectivity index (χ4n) is 5.37. The maximum Gasteiger partial charge on any atom is 0.240 e. The van der Waals surface area contributed by atoms with E-state index in [1.165, 1.54) is 6.42 Å². The van der Waals surface area contributed by atoms with E-state index in [9.17, 15) is 9.59 Å². The van der Waals surface area contributed by atoms with Crippen LogP contribution in [0.25, 0.3) is 11.5 Å². The third kappa shape index (κ3) is 4.06. The van der Waals surface area contributed by atoms with Gasteiger partial charge in [-0.2, -0.15) is 0 Å². The molecule has 2 aromatic rings. The molecule has 2 N–H and O–H groups in total. The Balaban J connectivity index is 1.23. The Morgan fingerprint density at radius 3 is 2.69 bits per heavy atom. The number of hydrogen-bond donors (Lipinski definition) is 2. The molecule has 7 heteroatoms. The van der Waals surface area contributed by atoms with Gasteiger partial charge in [0.2, 0.25) is 17.7 Å². The molecule has 2 amide bonds. The fourth-order valence-corrected chi connectivity index (χ4v) is 5.37. The van der Waals surface area contributed by atoms with Crippen molar-refractivity contribution >= 4 is 11.8 Å². The van der Waals surface area contributed by atoms with E-state index in [1.54, 1.807) is 0 Å². The number of hydrogen-bond acceptors (Lipinski definition) is 5. The summed E-state index contributed by atoms with van der Waals surface area (Å²) in [5.74, 6) is 1.30. The van der Waals surface area contributed by atoms with Crippen LogP contribution in [0.4, 0.5) is 0 Å². The number of fused-ring (bicyclic) bond motifs is 1. The molecule has 32 heavy (non-hydrogen) atoms. The number of carbonyl (C=O) groups excluding carboxylic acids is 2. The summed E-state index contributed by atoms with van der Waals surface area (Å²) in [7, 11) is 0. The average Bonchev–Trinajstić information content (AvgIpc) is 3.32. The molecule has 1 saturated carbocycles. The second kappa shape index (κ2) is 8.70. The van der Waals surface area contributed by atoms with Gasteiger partial charge in [-0.1, -0.05) is 18.2 Å². The van der Waals surface area contributed by atoms with Gasteiger partial charge in [-0.25, -0.2) is 4.98 Å². The standard InChI is InChI=1S/C25H32N4O3/c1-17-21(28-23(32-17)18-8-3-2-4-9-18)14-22(30)26-20-15-25(12-5-6-13-29(25)16-20)24(31)27-19-10-7-11-19/h2-4,8-9,19-20H,5-7,10-16H2,1H3,(H,26,30)(H,27,31)/t20-,25-/m0/s1. The third-order valence-corrected chi connectivity index (χ3v) is 7.37. The summed E-state index contributed by atoms with van der Waals surface area (Å²) in [5, 5.41) is 6.45. The average molecular weight is 437 g/mol. The van der Waals surface area contributed by atoms with Crippen LogP contribution in [0.2, 0.25) is 0 Å². The van der Waals surface area contributed by atoms with Crippen LogP contribution in [0.3, 0.4) is 0 Å². The number of piperidine rings is 1. The Kier molecular flexibility index (Phi) is 5.76. The van der Waals surface area contributed by atoms with E-state index in [2.05, 4.69) is 20.5 Å². The summed E-state index contributed by atoms with van der Waals surface area (Å²) in [4.78, 5) is 33.0. The first kappa shape index (κ1) is 21.2. The van der Waals surface area contributed by atoms with Gasteiger partial charge >= 0.3 is 0 Å². The molecule has 0 unspecified atom stereocenters. The van der Waals surface area contributed by atoms with E-state index in [0.717, 1.165) is 50.8 Å². The highest BCUT2D eigenvalue weighted by atomic mass is 16.4. The van der Waals surface area contributed by atoms with Crippen LogP contribution in [0.5, 0.6) is 0 Å². The van der Waals surface area contributed by atoms with Crippen molar-refractivity contribution in [1.82, 2.24) is 20.5 Å². The fraction of sp³-hybridized carbons (Fsp3) is 0.560. The molecule has 2 atom stereocenters. The molecule has 5 rings (SSSR count). The van der Waals surface area contributed by atoms with Gasteiger partial charge in [0, 0.05) is 24.2 Å². The Morgan fingerprint density at radius 1 is 1.12 bits per heavy atom. The highest BCUT2D eigenvalue weighted by Gasteiger charge is 2.52. The van der Waals surface area contributed by atoms with Crippen LogP contribution in [0, 0.1) is 6.92 Å². The summed E-state index contributed by atoms with van der Waals surface area (Å²) in [5.41, 5.74) is 1.10. The van der Waals surface area contributed by atoms with E-state index < -0.39 is 5.54 Å². The molecule has 0 spiro atoms. The molecule has 170 valence electrons. The molecule has 7 nitrogen and oxygen atoms in total. The molecule has 3 fully saturated rings. The van der Waals surface area contributed by atoms with Gasteiger partial charge in [0.05, 0.1) is 12.1 Å². The number of carbonyl (C=O) groups is 2. The summed E-state index contributed by atoms with van der Waals surface area (Å²) < 4.78 is 5.80. The summed E-state index contributed by atoms with van der Waals surface area (Å²) >= 11 is 0. The van der Waals surface area contributed by atoms with E-state index in [4.69, 9.17) is 4.42 Å². The second-order valence-electron chi connectivity index (χ2n) is 9.57. The molecule has 3 aliphatic rings. The minimum Gasteiger partial charge on any atom is -0.441 e. The highest BCUT2D eigenvalue weighted by Crippen LogP contribution is 2.38. The quantitative estimate of drug-likeness (QED) is 0.727. The number of amides is 2. The van der Waals surface area contributed by atoms with Crippen LogP contribution in [0.1, 0.15) is 56.4 Å². The van der Waals surface area contributed by atoms with Crippen LogP contribution in [-0.4, -0.2) is 52.4 Å². The van der Waals surface area contributed by atoms with Gasteiger partial charge in [-0.05, 0) is 70.5 Å². The van der Waals surface area contributed by atoms with Crippen LogP contribution >= 0.6 is 0 Å². The van der Waals surface area contributed by atoms with Crippen molar-refractivity contribution in [2.24, 2.45) is 0 Å². The zero-order chi connectivity index (χ0) is 22.1. The smallest absolute Gasteiger partial charge is 0.240 e. The lowest BCUT2D eigenvalue weighted by atomic mass is 9.83. The van der Waals surface area contributed by atoms with Gasteiger partial charge in [-0.15, -0.1) is 0 Å². The Hall–Kier alpha value is -2.67. The SMILES string of the molecule is Cc1oc(-c2ccccc2)nc1CC(=O)N[C@@H]1CN2CCCC[C@@]2(C(=O)NC2CCC2)C1. The number of aromatic nitrogens is 1. The predicted octanol–water partition coefficient (Wildman–Crippen LogP) is 2.97. The third-order valence-electron chi connectivity index (χ3n) is 7.37. The Labute approximate surface area is 189 Å². The van der Waals surface area contributed by atoms with Gasteiger partial charge < -0.3 is 15.1 Å². The van der Waals surface area contributed by atoms with Gasteiger partial charge in [0.15, 0.2) is 0 Å². The molecule has 0 bridgehead atoms. The van der Waals surface area contributed by atoms with Crippen LogP contribution in [-0.2, 0) is 16.0 Å². The topological polar surface area (TPSA) is 87.5 Å².